The van der Waals surface area contributed by atoms with E-state index in [0.29, 0.717) is 29.4 Å². The lowest BCUT2D eigenvalue weighted by atomic mass is 10.1. The Morgan fingerprint density at radius 1 is 1.59 bits per heavy atom. The number of cyclic esters (lactones) is 1. The van der Waals surface area contributed by atoms with Gasteiger partial charge in [0.25, 0.3) is 0 Å². The Morgan fingerprint density at radius 3 is 2.94 bits per heavy atom. The molecule has 2 rings (SSSR count). The number of hydrogen-bond donors (Lipinski definition) is 1. The van der Waals surface area contributed by atoms with Gasteiger partial charge in [-0.05, 0) is 25.1 Å². The van der Waals surface area contributed by atoms with Crippen LogP contribution in [0.4, 0.5) is 0 Å². The molecule has 0 saturated carbocycles. The normalized spacial score (nSPS) is 21.1. The molecule has 0 aromatic heterocycles. The first-order valence-electron chi connectivity index (χ1n) is 5.38. The highest BCUT2D eigenvalue weighted by Gasteiger charge is 2.29. The van der Waals surface area contributed by atoms with E-state index in [9.17, 15) is 9.90 Å². The minimum atomic E-state index is -0.707. The highest BCUT2D eigenvalue weighted by molar-refractivity contribution is 6.30. The molecule has 0 aliphatic carbocycles. The van der Waals surface area contributed by atoms with Crippen molar-refractivity contribution in [3.8, 4) is 5.75 Å². The molecule has 1 unspecified atom stereocenters. The first-order valence-corrected chi connectivity index (χ1v) is 5.76. The smallest absolute Gasteiger partial charge is 0.347 e. The number of hydrogen-bond acceptors (Lipinski definition) is 4. The fourth-order valence-electron chi connectivity index (χ4n) is 1.69. The van der Waals surface area contributed by atoms with Crippen LogP contribution in [0.25, 0.3) is 0 Å². The molecule has 17 heavy (non-hydrogen) atoms. The van der Waals surface area contributed by atoms with Crippen LogP contribution in [0.15, 0.2) is 18.2 Å². The molecule has 1 saturated heterocycles. The summed E-state index contributed by atoms with van der Waals surface area (Å²) >= 11 is 5.85. The van der Waals surface area contributed by atoms with Crippen LogP contribution in [0.5, 0.6) is 5.75 Å². The molecule has 1 aromatic rings. The van der Waals surface area contributed by atoms with Gasteiger partial charge in [-0.2, -0.15) is 0 Å². The van der Waals surface area contributed by atoms with Gasteiger partial charge in [0.15, 0.2) is 6.10 Å². The quantitative estimate of drug-likeness (QED) is 0.842. The zero-order valence-corrected chi connectivity index (χ0v) is 10.1. The highest BCUT2D eigenvalue weighted by atomic mass is 35.5. The van der Waals surface area contributed by atoms with Gasteiger partial charge in [-0.3, -0.25) is 0 Å². The van der Waals surface area contributed by atoms with Gasteiger partial charge in [0.05, 0.1) is 12.7 Å². The molecular formula is C12H13ClO4. The number of rotatable bonds is 3. The summed E-state index contributed by atoms with van der Waals surface area (Å²) in [5.41, 5.74) is 0.567. The number of halogens is 1. The lowest BCUT2D eigenvalue weighted by Gasteiger charge is -2.16. The van der Waals surface area contributed by atoms with Crippen molar-refractivity contribution < 1.29 is 19.4 Å². The molecule has 0 bridgehead atoms. The van der Waals surface area contributed by atoms with Gasteiger partial charge < -0.3 is 14.6 Å². The molecule has 0 spiro atoms. The summed E-state index contributed by atoms with van der Waals surface area (Å²) < 4.78 is 10.4. The summed E-state index contributed by atoms with van der Waals surface area (Å²) in [7, 11) is 0. The Balaban J connectivity index is 2.22. The molecule has 5 heteroatoms. The van der Waals surface area contributed by atoms with Gasteiger partial charge in [0.2, 0.25) is 0 Å². The van der Waals surface area contributed by atoms with E-state index in [0.717, 1.165) is 0 Å². The second-order valence-corrected chi connectivity index (χ2v) is 4.36. The number of benzene rings is 1. The van der Waals surface area contributed by atoms with Gasteiger partial charge in [-0.1, -0.05) is 11.6 Å². The minimum Gasteiger partial charge on any atom is -0.478 e. The van der Waals surface area contributed by atoms with Crippen LogP contribution >= 0.6 is 11.6 Å². The standard InChI is InChI=1S/C12H13ClO4/c1-7(14)9-6-8(13)2-3-10(9)17-11-4-5-16-12(11)15/h2-3,6-7,11,14H,4-5H2,1H3/t7-,11?/m1/s1. The highest BCUT2D eigenvalue weighted by Crippen LogP contribution is 2.30. The summed E-state index contributed by atoms with van der Waals surface area (Å²) in [6.07, 6.45) is -0.768. The topological polar surface area (TPSA) is 55.8 Å². The van der Waals surface area contributed by atoms with Gasteiger partial charge in [-0.15, -0.1) is 0 Å². The van der Waals surface area contributed by atoms with Crippen molar-refractivity contribution in [1.29, 1.82) is 0 Å². The van der Waals surface area contributed by atoms with Crippen molar-refractivity contribution >= 4 is 17.6 Å². The fourth-order valence-corrected chi connectivity index (χ4v) is 1.87. The zero-order chi connectivity index (χ0) is 12.4. The van der Waals surface area contributed by atoms with Gasteiger partial charge >= 0.3 is 5.97 Å². The molecule has 2 atom stereocenters. The van der Waals surface area contributed by atoms with E-state index in [1.165, 1.54) is 0 Å². The molecule has 1 N–H and O–H groups in total. The first-order chi connectivity index (χ1) is 8.08. The monoisotopic (exact) mass is 256 g/mol. The molecule has 1 aromatic carbocycles. The van der Waals surface area contributed by atoms with Crippen molar-refractivity contribution in [2.24, 2.45) is 0 Å². The Hall–Kier alpha value is -1.26. The largest absolute Gasteiger partial charge is 0.478 e. The predicted molar refractivity (Wildman–Crippen MR) is 62.1 cm³/mol. The van der Waals surface area contributed by atoms with Crippen LogP contribution < -0.4 is 4.74 Å². The number of aliphatic hydroxyl groups excluding tert-OH is 1. The number of ether oxygens (including phenoxy) is 2. The van der Waals surface area contributed by atoms with Crippen molar-refractivity contribution in [3.63, 3.8) is 0 Å². The Morgan fingerprint density at radius 2 is 2.35 bits per heavy atom. The lowest BCUT2D eigenvalue weighted by molar-refractivity contribution is -0.143. The maximum atomic E-state index is 11.3. The Labute approximate surface area is 104 Å². The van der Waals surface area contributed by atoms with Crippen LogP contribution in [-0.2, 0) is 9.53 Å². The maximum absolute atomic E-state index is 11.3. The second kappa shape index (κ2) is 4.94. The fraction of sp³-hybridized carbons (Fsp3) is 0.417. The number of aliphatic hydroxyl groups is 1. The van der Waals surface area contributed by atoms with Crippen molar-refractivity contribution in [3.05, 3.63) is 28.8 Å². The molecular weight excluding hydrogens is 244 g/mol. The van der Waals surface area contributed by atoms with Crippen molar-refractivity contribution in [2.45, 2.75) is 25.6 Å². The van der Waals surface area contributed by atoms with Crippen molar-refractivity contribution in [2.75, 3.05) is 6.61 Å². The third kappa shape index (κ3) is 2.70. The zero-order valence-electron chi connectivity index (χ0n) is 9.35. The molecule has 1 aliphatic heterocycles. The van der Waals surface area contributed by atoms with Crippen LogP contribution in [0.2, 0.25) is 5.02 Å². The summed E-state index contributed by atoms with van der Waals surface area (Å²) in [5, 5.41) is 10.1. The Bertz CT molecular complexity index is 431. The Kier molecular flexibility index (Phi) is 3.54. The van der Waals surface area contributed by atoms with Crippen molar-refractivity contribution in [1.82, 2.24) is 0 Å². The second-order valence-electron chi connectivity index (χ2n) is 3.92. The summed E-state index contributed by atoms with van der Waals surface area (Å²) in [5.74, 6) is 0.102. The number of carbonyl (C=O) groups is 1. The van der Waals surface area contributed by atoms with Gasteiger partial charge in [0, 0.05) is 17.0 Å². The summed E-state index contributed by atoms with van der Waals surface area (Å²) in [4.78, 5) is 11.3. The molecule has 92 valence electrons. The number of carbonyl (C=O) groups excluding carboxylic acids is 1. The SMILES string of the molecule is C[C@@H](O)c1cc(Cl)ccc1OC1CCOC1=O. The molecule has 0 amide bonds. The van der Waals surface area contributed by atoms with Gasteiger partial charge in [0.1, 0.15) is 5.75 Å². The predicted octanol–water partition coefficient (Wildman–Crippen LogP) is 2.09. The first kappa shape index (κ1) is 12.2. The minimum absolute atomic E-state index is 0.364. The third-order valence-corrected chi connectivity index (χ3v) is 2.81. The molecule has 0 radical (unpaired) electrons. The molecule has 1 heterocycles. The lowest BCUT2D eigenvalue weighted by Crippen LogP contribution is -2.22. The van der Waals surface area contributed by atoms with E-state index in [1.54, 1.807) is 25.1 Å². The van der Waals surface area contributed by atoms with Crippen LogP contribution in [0, 0.1) is 0 Å². The van der Waals surface area contributed by atoms with Crippen LogP contribution in [0.1, 0.15) is 25.0 Å². The van der Waals surface area contributed by atoms with E-state index in [2.05, 4.69) is 0 Å². The third-order valence-electron chi connectivity index (χ3n) is 2.58. The van der Waals surface area contributed by atoms with E-state index in [1.807, 2.05) is 0 Å². The van der Waals surface area contributed by atoms with Crippen LogP contribution in [-0.4, -0.2) is 23.8 Å². The van der Waals surface area contributed by atoms with E-state index >= 15 is 0 Å². The van der Waals surface area contributed by atoms with E-state index in [4.69, 9.17) is 21.1 Å². The molecule has 4 nitrogen and oxygen atoms in total. The average molecular weight is 257 g/mol. The number of esters is 1. The summed E-state index contributed by atoms with van der Waals surface area (Å²) in [6, 6.07) is 4.93. The average Bonchev–Trinajstić information content (AvgIpc) is 2.67. The summed E-state index contributed by atoms with van der Waals surface area (Å²) in [6.45, 7) is 1.99. The van der Waals surface area contributed by atoms with Gasteiger partial charge in [-0.25, -0.2) is 4.79 Å². The van der Waals surface area contributed by atoms with E-state index in [-0.39, 0.29) is 5.97 Å². The van der Waals surface area contributed by atoms with Crippen LogP contribution in [0.3, 0.4) is 0 Å². The van der Waals surface area contributed by atoms with E-state index < -0.39 is 12.2 Å². The molecule has 1 aliphatic rings. The molecule has 1 fully saturated rings. The maximum Gasteiger partial charge on any atom is 0.347 e.